The standard InChI is InChI=1S/C13H18F3N3/c14-13(15,16)11-8-9-17-12(19-11)18-10-6-4-2-1-3-5-7-10/h8-10H,1-7H2,(H,17,18,19). The monoisotopic (exact) mass is 273 g/mol. The maximum Gasteiger partial charge on any atom is 0.433 e. The van der Waals surface area contributed by atoms with Gasteiger partial charge in [0, 0.05) is 12.2 Å². The maximum absolute atomic E-state index is 12.5. The van der Waals surface area contributed by atoms with E-state index in [4.69, 9.17) is 0 Å². The number of halogens is 3. The Labute approximate surface area is 110 Å². The first-order valence-electron chi connectivity index (χ1n) is 6.72. The van der Waals surface area contributed by atoms with Crippen molar-refractivity contribution in [3.8, 4) is 0 Å². The number of nitrogens with zero attached hydrogens (tertiary/aromatic N) is 2. The second kappa shape index (κ2) is 6.21. The summed E-state index contributed by atoms with van der Waals surface area (Å²) in [5.41, 5.74) is -0.893. The second-order valence-corrected chi connectivity index (χ2v) is 4.95. The Bertz CT molecular complexity index is 398. The summed E-state index contributed by atoms with van der Waals surface area (Å²) < 4.78 is 37.6. The average molecular weight is 273 g/mol. The lowest BCUT2D eigenvalue weighted by molar-refractivity contribution is -0.141. The fourth-order valence-electron chi connectivity index (χ4n) is 2.37. The van der Waals surface area contributed by atoms with E-state index in [-0.39, 0.29) is 12.0 Å². The van der Waals surface area contributed by atoms with Gasteiger partial charge in [-0.05, 0) is 18.9 Å². The molecule has 3 nitrogen and oxygen atoms in total. The Balaban J connectivity index is 2.01. The van der Waals surface area contributed by atoms with Gasteiger partial charge in [0.25, 0.3) is 0 Å². The van der Waals surface area contributed by atoms with Gasteiger partial charge in [-0.15, -0.1) is 0 Å². The minimum Gasteiger partial charge on any atom is -0.351 e. The van der Waals surface area contributed by atoms with Crippen LogP contribution < -0.4 is 5.32 Å². The number of anilines is 1. The van der Waals surface area contributed by atoms with Crippen LogP contribution in [0.15, 0.2) is 12.3 Å². The van der Waals surface area contributed by atoms with Gasteiger partial charge in [0.05, 0.1) is 0 Å². The molecule has 1 heterocycles. The Kier molecular flexibility index (Phi) is 4.61. The van der Waals surface area contributed by atoms with Gasteiger partial charge in [-0.25, -0.2) is 9.97 Å². The lowest BCUT2D eigenvalue weighted by atomic mass is 9.97. The van der Waals surface area contributed by atoms with Crippen molar-refractivity contribution in [3.05, 3.63) is 18.0 Å². The molecule has 1 aliphatic carbocycles. The number of rotatable bonds is 2. The summed E-state index contributed by atoms with van der Waals surface area (Å²) in [6.45, 7) is 0. The predicted octanol–water partition coefficient (Wildman–Crippen LogP) is 4.02. The number of aromatic nitrogens is 2. The van der Waals surface area contributed by atoms with Crippen molar-refractivity contribution < 1.29 is 13.2 Å². The van der Waals surface area contributed by atoms with Gasteiger partial charge in [-0.2, -0.15) is 13.2 Å². The normalized spacial score (nSPS) is 18.7. The van der Waals surface area contributed by atoms with Crippen molar-refractivity contribution in [3.63, 3.8) is 0 Å². The number of hydrogen-bond donors (Lipinski definition) is 1. The highest BCUT2D eigenvalue weighted by Crippen LogP contribution is 2.28. The van der Waals surface area contributed by atoms with Crippen LogP contribution in [0.5, 0.6) is 0 Å². The molecule has 2 rings (SSSR count). The topological polar surface area (TPSA) is 37.8 Å². The predicted molar refractivity (Wildman–Crippen MR) is 66.8 cm³/mol. The molecule has 1 fully saturated rings. The van der Waals surface area contributed by atoms with Crippen LogP contribution in [0.3, 0.4) is 0 Å². The van der Waals surface area contributed by atoms with E-state index >= 15 is 0 Å². The fourth-order valence-corrected chi connectivity index (χ4v) is 2.37. The van der Waals surface area contributed by atoms with E-state index in [1.165, 1.54) is 19.3 Å². The molecule has 1 aromatic rings. The summed E-state index contributed by atoms with van der Waals surface area (Å²) in [5, 5.41) is 3.04. The van der Waals surface area contributed by atoms with Crippen molar-refractivity contribution in [2.75, 3.05) is 5.32 Å². The van der Waals surface area contributed by atoms with Crippen LogP contribution in [0, 0.1) is 0 Å². The molecule has 0 aromatic carbocycles. The largest absolute Gasteiger partial charge is 0.433 e. The van der Waals surface area contributed by atoms with E-state index in [0.717, 1.165) is 37.9 Å². The highest BCUT2D eigenvalue weighted by molar-refractivity contribution is 5.27. The molecule has 0 radical (unpaired) electrons. The highest BCUT2D eigenvalue weighted by Gasteiger charge is 2.32. The molecule has 0 saturated heterocycles. The van der Waals surface area contributed by atoms with Crippen molar-refractivity contribution in [2.24, 2.45) is 0 Å². The highest BCUT2D eigenvalue weighted by atomic mass is 19.4. The molecule has 1 N–H and O–H groups in total. The van der Waals surface area contributed by atoms with Gasteiger partial charge in [-0.1, -0.05) is 32.1 Å². The maximum atomic E-state index is 12.5. The molecule has 0 atom stereocenters. The molecule has 6 heteroatoms. The van der Waals surface area contributed by atoms with Gasteiger partial charge >= 0.3 is 6.18 Å². The lowest BCUT2D eigenvalue weighted by Gasteiger charge is -2.21. The smallest absolute Gasteiger partial charge is 0.351 e. The van der Waals surface area contributed by atoms with Crippen LogP contribution in [-0.4, -0.2) is 16.0 Å². The molecule has 0 bridgehead atoms. The number of nitrogens with one attached hydrogen (secondary N) is 1. The van der Waals surface area contributed by atoms with Crippen LogP contribution in [0.25, 0.3) is 0 Å². The van der Waals surface area contributed by atoms with Gasteiger partial charge in [0.1, 0.15) is 5.69 Å². The Morgan fingerprint density at radius 3 is 2.32 bits per heavy atom. The summed E-state index contributed by atoms with van der Waals surface area (Å²) in [6.07, 6.45) is 4.55. The fraction of sp³-hybridized carbons (Fsp3) is 0.692. The summed E-state index contributed by atoms with van der Waals surface area (Å²) >= 11 is 0. The number of alkyl halides is 3. The zero-order valence-electron chi connectivity index (χ0n) is 10.7. The Hall–Kier alpha value is -1.33. The van der Waals surface area contributed by atoms with Gasteiger partial charge in [-0.3, -0.25) is 0 Å². The van der Waals surface area contributed by atoms with Crippen molar-refractivity contribution in [1.29, 1.82) is 0 Å². The molecule has 0 aliphatic heterocycles. The van der Waals surface area contributed by atoms with E-state index in [1.54, 1.807) is 0 Å². The molecule has 1 saturated carbocycles. The summed E-state index contributed by atoms with van der Waals surface area (Å²) in [5.74, 6) is 0.0837. The van der Waals surface area contributed by atoms with Crippen molar-refractivity contribution >= 4 is 5.95 Å². The van der Waals surface area contributed by atoms with E-state index in [1.807, 2.05) is 0 Å². The molecule has 106 valence electrons. The lowest BCUT2D eigenvalue weighted by Crippen LogP contribution is -2.22. The van der Waals surface area contributed by atoms with Gasteiger partial charge < -0.3 is 5.32 Å². The zero-order valence-corrected chi connectivity index (χ0v) is 10.7. The first-order valence-corrected chi connectivity index (χ1v) is 6.72. The summed E-state index contributed by atoms with van der Waals surface area (Å²) in [7, 11) is 0. The molecule has 0 spiro atoms. The minimum atomic E-state index is -4.42. The molecule has 0 amide bonds. The Morgan fingerprint density at radius 2 is 1.68 bits per heavy atom. The second-order valence-electron chi connectivity index (χ2n) is 4.95. The quantitative estimate of drug-likeness (QED) is 0.884. The summed E-state index contributed by atoms with van der Waals surface area (Å²) in [4.78, 5) is 7.42. The van der Waals surface area contributed by atoms with Gasteiger partial charge in [0.2, 0.25) is 5.95 Å². The average Bonchev–Trinajstić information content (AvgIpc) is 2.32. The third-order valence-corrected chi connectivity index (χ3v) is 3.38. The van der Waals surface area contributed by atoms with Crippen molar-refractivity contribution in [2.45, 2.75) is 57.2 Å². The molecule has 1 aliphatic rings. The van der Waals surface area contributed by atoms with Crippen molar-refractivity contribution in [1.82, 2.24) is 9.97 Å². The summed E-state index contributed by atoms with van der Waals surface area (Å²) in [6, 6.07) is 1.08. The third kappa shape index (κ3) is 4.36. The zero-order chi connectivity index (χ0) is 13.7. The Morgan fingerprint density at radius 1 is 1.05 bits per heavy atom. The number of hydrogen-bond acceptors (Lipinski definition) is 3. The first-order chi connectivity index (χ1) is 9.05. The van der Waals surface area contributed by atoms with Gasteiger partial charge in [0.15, 0.2) is 0 Å². The van der Waals surface area contributed by atoms with Crippen LogP contribution >= 0.6 is 0 Å². The van der Waals surface area contributed by atoms with Crippen LogP contribution in [0.4, 0.5) is 19.1 Å². The molecular formula is C13H18F3N3. The van der Waals surface area contributed by atoms with E-state index in [0.29, 0.717) is 0 Å². The molecule has 0 unspecified atom stereocenters. The third-order valence-electron chi connectivity index (χ3n) is 3.38. The molecule has 19 heavy (non-hydrogen) atoms. The van der Waals surface area contributed by atoms with E-state index < -0.39 is 11.9 Å². The molecular weight excluding hydrogens is 255 g/mol. The van der Waals surface area contributed by atoms with E-state index in [2.05, 4.69) is 15.3 Å². The first kappa shape index (κ1) is 14.1. The van der Waals surface area contributed by atoms with Crippen LogP contribution in [0.1, 0.15) is 50.6 Å². The SMILES string of the molecule is FC(F)(F)c1ccnc(NC2CCCCCCC2)n1. The van der Waals surface area contributed by atoms with Crippen LogP contribution in [0.2, 0.25) is 0 Å². The van der Waals surface area contributed by atoms with Crippen LogP contribution in [-0.2, 0) is 6.18 Å². The molecule has 1 aromatic heterocycles. The van der Waals surface area contributed by atoms with E-state index in [9.17, 15) is 13.2 Å². The minimum absolute atomic E-state index is 0.0837.